The molecule has 0 radical (unpaired) electrons. The second-order valence-corrected chi connectivity index (χ2v) is 13.0. The molecule has 2 aromatic rings. The molecule has 0 nitrogen and oxygen atoms in total. The third-order valence-corrected chi connectivity index (χ3v) is 11.0. The summed E-state index contributed by atoms with van der Waals surface area (Å²) < 4.78 is 0. The van der Waals surface area contributed by atoms with Crippen molar-refractivity contribution in [2.45, 2.75) is 20.3 Å². The van der Waals surface area contributed by atoms with Crippen LogP contribution in [-0.4, -0.2) is 33.5 Å². The summed E-state index contributed by atoms with van der Waals surface area (Å²) in [6, 6.07) is 21.4. The van der Waals surface area contributed by atoms with Crippen molar-refractivity contribution < 1.29 is 0 Å². The van der Waals surface area contributed by atoms with E-state index in [9.17, 15) is 0 Å². The van der Waals surface area contributed by atoms with Gasteiger partial charge >= 0.3 is 0 Å². The van der Waals surface area contributed by atoms with Crippen molar-refractivity contribution in [1.29, 1.82) is 0 Å². The molecule has 6 heteroatoms. The van der Waals surface area contributed by atoms with Crippen molar-refractivity contribution in [1.82, 2.24) is 0 Å². The van der Waals surface area contributed by atoms with Crippen LogP contribution in [0.2, 0.25) is 0 Å². The molecule has 2 unspecified atom stereocenters. The zero-order chi connectivity index (χ0) is 19.9. The van der Waals surface area contributed by atoms with Gasteiger partial charge in [0, 0.05) is 43.3 Å². The molecule has 150 valence electrons. The Labute approximate surface area is 195 Å². The smallest absolute Gasteiger partial charge is 0.0287 e. The van der Waals surface area contributed by atoms with Crippen LogP contribution in [0.25, 0.3) is 0 Å². The van der Waals surface area contributed by atoms with E-state index >= 15 is 0 Å². The predicted octanol–water partition coefficient (Wildman–Crippen LogP) is 8.44. The molecule has 2 rings (SSSR count). The van der Waals surface area contributed by atoms with Crippen LogP contribution in [0.1, 0.15) is 0 Å². The SMILES string of the molecule is C=CSCC(CSSCC(CSC=C)Sc1ccccc1)Sc1ccccc1. The first-order chi connectivity index (χ1) is 13.8. The topological polar surface area (TPSA) is 0 Å². The molecular weight excluding hydrogens is 457 g/mol. The van der Waals surface area contributed by atoms with Crippen LogP contribution in [0.5, 0.6) is 0 Å². The third kappa shape index (κ3) is 10.7. The van der Waals surface area contributed by atoms with E-state index in [0.717, 1.165) is 23.0 Å². The van der Waals surface area contributed by atoms with Gasteiger partial charge in [0.2, 0.25) is 0 Å². The van der Waals surface area contributed by atoms with Crippen molar-refractivity contribution >= 4 is 68.6 Å². The van der Waals surface area contributed by atoms with Crippen molar-refractivity contribution in [3.05, 3.63) is 84.6 Å². The molecule has 0 spiro atoms. The van der Waals surface area contributed by atoms with E-state index in [1.54, 1.807) is 0 Å². The van der Waals surface area contributed by atoms with Crippen LogP contribution >= 0.6 is 68.6 Å². The molecule has 0 bridgehead atoms. The quantitative estimate of drug-likeness (QED) is 0.141. The van der Waals surface area contributed by atoms with Crippen LogP contribution in [0.4, 0.5) is 0 Å². The normalized spacial score (nSPS) is 13.0. The van der Waals surface area contributed by atoms with Gasteiger partial charge in [-0.1, -0.05) is 71.1 Å². The maximum Gasteiger partial charge on any atom is 0.0287 e. The molecule has 0 N–H and O–H groups in total. The fourth-order valence-corrected chi connectivity index (χ4v) is 9.63. The summed E-state index contributed by atoms with van der Waals surface area (Å²) in [7, 11) is 4.01. The van der Waals surface area contributed by atoms with Gasteiger partial charge in [0.1, 0.15) is 0 Å². The van der Waals surface area contributed by atoms with Crippen LogP contribution in [0.3, 0.4) is 0 Å². The fourth-order valence-electron chi connectivity index (χ4n) is 2.21. The van der Waals surface area contributed by atoms with Crippen LogP contribution < -0.4 is 0 Å². The number of thioether (sulfide) groups is 4. The Bertz CT molecular complexity index is 602. The first-order valence-electron chi connectivity index (χ1n) is 8.94. The molecule has 0 amide bonds. The fraction of sp³-hybridized carbons (Fsp3) is 0.273. The zero-order valence-electron chi connectivity index (χ0n) is 15.8. The Hall–Kier alpha value is 0.0200. The van der Waals surface area contributed by atoms with Crippen LogP contribution in [-0.2, 0) is 0 Å². The van der Waals surface area contributed by atoms with Crippen molar-refractivity contribution in [3.63, 3.8) is 0 Å². The number of hydrogen-bond acceptors (Lipinski definition) is 6. The number of hydrogen-bond donors (Lipinski definition) is 0. The lowest BCUT2D eigenvalue weighted by Gasteiger charge is -2.17. The first kappa shape index (κ1) is 24.3. The number of rotatable bonds is 15. The molecule has 2 aromatic carbocycles. The summed E-state index contributed by atoms with van der Waals surface area (Å²) in [4.78, 5) is 2.70. The van der Waals surface area contributed by atoms with Crippen LogP contribution in [0, 0.1) is 0 Å². The highest BCUT2D eigenvalue weighted by atomic mass is 33.1. The Balaban J connectivity index is 1.79. The molecule has 0 heterocycles. The van der Waals surface area contributed by atoms with E-state index in [4.69, 9.17) is 0 Å². The van der Waals surface area contributed by atoms with E-state index in [1.807, 2.05) is 79.5 Å². The summed E-state index contributed by atoms with van der Waals surface area (Å²) in [6.07, 6.45) is 0. The molecule has 28 heavy (non-hydrogen) atoms. The molecule has 0 aromatic heterocycles. The van der Waals surface area contributed by atoms with Gasteiger partial charge < -0.3 is 0 Å². The Kier molecular flexibility index (Phi) is 13.7. The maximum absolute atomic E-state index is 3.86. The van der Waals surface area contributed by atoms with Gasteiger partial charge in [-0.05, 0) is 35.1 Å². The van der Waals surface area contributed by atoms with E-state index in [1.165, 1.54) is 9.79 Å². The minimum absolute atomic E-state index is 0.589. The van der Waals surface area contributed by atoms with Gasteiger partial charge in [0.15, 0.2) is 0 Å². The Morgan fingerprint density at radius 2 is 1.00 bits per heavy atom. The largest absolute Gasteiger partial charge is 0.134 e. The summed E-state index contributed by atoms with van der Waals surface area (Å²) in [5.41, 5.74) is 0. The summed E-state index contributed by atoms with van der Waals surface area (Å²) >= 11 is 7.59. The minimum Gasteiger partial charge on any atom is -0.134 e. The van der Waals surface area contributed by atoms with E-state index in [0.29, 0.717) is 10.5 Å². The van der Waals surface area contributed by atoms with E-state index < -0.39 is 0 Å². The average molecular weight is 483 g/mol. The van der Waals surface area contributed by atoms with E-state index in [2.05, 4.69) is 73.8 Å². The van der Waals surface area contributed by atoms with E-state index in [-0.39, 0.29) is 0 Å². The molecule has 0 fully saturated rings. The van der Waals surface area contributed by atoms with Gasteiger partial charge in [-0.3, -0.25) is 0 Å². The molecular formula is C22H26S6. The highest BCUT2D eigenvalue weighted by Gasteiger charge is 2.14. The highest BCUT2D eigenvalue weighted by molar-refractivity contribution is 8.76. The molecule has 0 aliphatic heterocycles. The highest BCUT2D eigenvalue weighted by Crippen LogP contribution is 2.35. The van der Waals surface area contributed by atoms with Crippen molar-refractivity contribution in [2.24, 2.45) is 0 Å². The molecule has 0 aliphatic rings. The molecule has 0 saturated carbocycles. The lowest BCUT2D eigenvalue weighted by atomic mass is 10.4. The Morgan fingerprint density at radius 1 is 0.607 bits per heavy atom. The van der Waals surface area contributed by atoms with Gasteiger partial charge in [0.25, 0.3) is 0 Å². The third-order valence-electron chi connectivity index (χ3n) is 3.48. The standard InChI is InChI=1S/C22H26S6/c1-3-23-15-21(27-19-11-7-5-8-12-19)17-25-26-18-22(16-24-4-2)28-20-13-9-6-10-14-20/h3-14,21-22H,1-2,15-18H2. The molecule has 0 saturated heterocycles. The monoisotopic (exact) mass is 482 g/mol. The van der Waals surface area contributed by atoms with Gasteiger partial charge in [-0.2, -0.15) is 0 Å². The van der Waals surface area contributed by atoms with Crippen molar-refractivity contribution in [3.8, 4) is 0 Å². The Morgan fingerprint density at radius 3 is 1.36 bits per heavy atom. The second-order valence-electron chi connectivity index (χ2n) is 5.67. The van der Waals surface area contributed by atoms with Gasteiger partial charge in [-0.25, -0.2) is 0 Å². The predicted molar refractivity (Wildman–Crippen MR) is 142 cm³/mol. The summed E-state index contributed by atoms with van der Waals surface area (Å²) in [6.45, 7) is 7.71. The lowest BCUT2D eigenvalue weighted by Crippen LogP contribution is -2.11. The summed E-state index contributed by atoms with van der Waals surface area (Å²) in [5, 5.41) is 5.08. The van der Waals surface area contributed by atoms with Gasteiger partial charge in [-0.15, -0.1) is 47.0 Å². The first-order valence-corrected chi connectivity index (χ1v) is 15.3. The lowest BCUT2D eigenvalue weighted by molar-refractivity contribution is 1.14. The molecule has 0 aliphatic carbocycles. The van der Waals surface area contributed by atoms with Crippen molar-refractivity contribution in [2.75, 3.05) is 23.0 Å². The second kappa shape index (κ2) is 15.8. The van der Waals surface area contributed by atoms with Gasteiger partial charge in [0.05, 0.1) is 0 Å². The number of benzene rings is 2. The minimum atomic E-state index is 0.589. The molecule has 2 atom stereocenters. The maximum atomic E-state index is 3.86. The van der Waals surface area contributed by atoms with Crippen LogP contribution in [0.15, 0.2) is 94.4 Å². The zero-order valence-corrected chi connectivity index (χ0v) is 20.7. The summed E-state index contributed by atoms with van der Waals surface area (Å²) in [5.74, 6) is 4.49. The average Bonchev–Trinajstić information content (AvgIpc) is 2.74.